The number of anilines is 1. The maximum Gasteiger partial charge on any atom is 0.296 e. The number of methoxy groups -OCH3 is 1. The molecule has 0 saturated carbocycles. The zero-order valence-electron chi connectivity index (χ0n) is 16.5. The first-order valence-electron chi connectivity index (χ1n) is 9.38. The largest absolute Gasteiger partial charge is 0.496 e. The van der Waals surface area contributed by atoms with E-state index in [9.17, 15) is 14.9 Å². The monoisotopic (exact) mass is 426 g/mol. The second-order valence-electron chi connectivity index (χ2n) is 6.62. The minimum atomic E-state index is -0.409. The van der Waals surface area contributed by atoms with Gasteiger partial charge in [0.05, 0.1) is 18.1 Å². The molecule has 1 heterocycles. The van der Waals surface area contributed by atoms with E-state index < -0.39 is 4.92 Å². The van der Waals surface area contributed by atoms with Gasteiger partial charge in [0.1, 0.15) is 11.4 Å². The zero-order chi connectivity index (χ0) is 21.5. The van der Waals surface area contributed by atoms with Crippen molar-refractivity contribution < 1.29 is 14.5 Å². The molecule has 1 aliphatic heterocycles. The molecule has 2 aromatic carbocycles. The number of carbonyl (C=O) groups is 1. The van der Waals surface area contributed by atoms with E-state index in [0.29, 0.717) is 42.7 Å². The molecule has 0 bridgehead atoms. The maximum atomic E-state index is 12.1. The van der Waals surface area contributed by atoms with Crippen molar-refractivity contribution >= 4 is 40.7 Å². The van der Waals surface area contributed by atoms with E-state index in [1.54, 1.807) is 18.2 Å². The Morgan fingerprint density at radius 2 is 1.87 bits per heavy atom. The highest BCUT2D eigenvalue weighted by Gasteiger charge is 2.25. The number of nitrogens with zero attached hydrogens (tertiary/aromatic N) is 3. The number of ether oxygens (including phenoxy) is 1. The van der Waals surface area contributed by atoms with Crippen molar-refractivity contribution in [2.24, 2.45) is 0 Å². The molecule has 0 unspecified atom stereocenters. The predicted octanol–water partition coefficient (Wildman–Crippen LogP) is 2.84. The molecule has 30 heavy (non-hydrogen) atoms. The van der Waals surface area contributed by atoms with Gasteiger partial charge in [-0.2, -0.15) is 0 Å². The highest BCUT2D eigenvalue weighted by molar-refractivity contribution is 7.80. The number of rotatable bonds is 5. The summed E-state index contributed by atoms with van der Waals surface area (Å²) < 4.78 is 5.09. The van der Waals surface area contributed by atoms with Crippen LogP contribution < -0.4 is 15.0 Å². The van der Waals surface area contributed by atoms with Gasteiger partial charge in [-0.3, -0.25) is 20.2 Å². The number of benzene rings is 2. The summed E-state index contributed by atoms with van der Waals surface area (Å²) in [6.07, 6.45) is 3.16. The number of hydrogen-bond acceptors (Lipinski definition) is 6. The summed E-state index contributed by atoms with van der Waals surface area (Å²) in [6, 6.07) is 14.3. The molecule has 1 amide bonds. The number of thiocarbonyl (C=S) groups is 1. The molecule has 0 spiro atoms. The van der Waals surface area contributed by atoms with Crippen molar-refractivity contribution in [2.75, 3.05) is 38.2 Å². The molecule has 1 N–H and O–H groups in total. The fraction of sp³-hybridized carbons (Fsp3) is 0.238. The minimum absolute atomic E-state index is 0.00438. The van der Waals surface area contributed by atoms with Crippen LogP contribution in [0.4, 0.5) is 11.4 Å². The quantitative estimate of drug-likeness (QED) is 0.340. The highest BCUT2D eigenvalue weighted by Crippen LogP contribution is 2.32. The summed E-state index contributed by atoms with van der Waals surface area (Å²) in [6.45, 7) is 2.18. The van der Waals surface area contributed by atoms with Gasteiger partial charge in [-0.25, -0.2) is 0 Å². The molecule has 9 heteroatoms. The Morgan fingerprint density at radius 3 is 2.50 bits per heavy atom. The second-order valence-corrected chi connectivity index (χ2v) is 7.01. The Kier molecular flexibility index (Phi) is 6.97. The van der Waals surface area contributed by atoms with Gasteiger partial charge in [-0.15, -0.1) is 0 Å². The molecule has 1 fully saturated rings. The lowest BCUT2D eigenvalue weighted by atomic mass is 10.2. The molecule has 2 aromatic rings. The molecule has 1 aliphatic rings. The van der Waals surface area contributed by atoms with Crippen molar-refractivity contribution in [2.45, 2.75) is 0 Å². The van der Waals surface area contributed by atoms with Crippen molar-refractivity contribution in [1.29, 1.82) is 0 Å². The third-order valence-electron chi connectivity index (χ3n) is 4.74. The SMILES string of the molecule is COc1ccc(N2CCN(C(=S)NC(=O)/C=C/c3ccccc3)CC2)c([N+](=O)[O-])c1. The van der Waals surface area contributed by atoms with Gasteiger partial charge in [0.2, 0.25) is 5.91 Å². The topological polar surface area (TPSA) is 88.0 Å². The Hall–Kier alpha value is -3.46. The second kappa shape index (κ2) is 9.84. The predicted molar refractivity (Wildman–Crippen MR) is 120 cm³/mol. The zero-order valence-corrected chi connectivity index (χ0v) is 17.3. The number of nitrogens with one attached hydrogen (secondary N) is 1. The van der Waals surface area contributed by atoms with E-state index in [0.717, 1.165) is 5.56 Å². The first-order chi connectivity index (χ1) is 14.5. The fourth-order valence-corrected chi connectivity index (χ4v) is 3.44. The van der Waals surface area contributed by atoms with Crippen molar-refractivity contribution in [3.63, 3.8) is 0 Å². The highest BCUT2D eigenvalue weighted by atomic mass is 32.1. The molecule has 156 valence electrons. The number of amides is 1. The van der Waals surface area contributed by atoms with Crippen LogP contribution in [0.1, 0.15) is 5.56 Å². The van der Waals surface area contributed by atoms with Gasteiger partial charge in [0.15, 0.2) is 5.11 Å². The number of hydrogen-bond donors (Lipinski definition) is 1. The van der Waals surface area contributed by atoms with Crippen molar-refractivity contribution in [1.82, 2.24) is 10.2 Å². The van der Waals surface area contributed by atoms with Crippen LogP contribution in [-0.4, -0.2) is 54.1 Å². The first-order valence-corrected chi connectivity index (χ1v) is 9.79. The van der Waals surface area contributed by atoms with Crippen LogP contribution in [0.3, 0.4) is 0 Å². The van der Waals surface area contributed by atoms with E-state index in [1.165, 1.54) is 19.3 Å². The molecule has 0 atom stereocenters. The third kappa shape index (κ3) is 5.32. The van der Waals surface area contributed by atoms with Crippen LogP contribution >= 0.6 is 12.2 Å². The van der Waals surface area contributed by atoms with Crippen LogP contribution in [0.15, 0.2) is 54.6 Å². The standard InChI is InChI=1S/C21H22N4O4S/c1-29-17-8-9-18(19(15-17)25(27)28)23-11-13-24(14-12-23)21(30)22-20(26)10-7-16-5-3-2-4-6-16/h2-10,15H,11-14H2,1H3,(H,22,26,30)/b10-7+. The van der Waals surface area contributed by atoms with Crippen LogP contribution in [-0.2, 0) is 4.79 Å². The molecule has 3 rings (SSSR count). The fourth-order valence-electron chi connectivity index (χ4n) is 3.16. The molecule has 0 aromatic heterocycles. The summed E-state index contributed by atoms with van der Waals surface area (Å²) in [5.74, 6) is 0.147. The number of piperazine rings is 1. The average Bonchev–Trinajstić information content (AvgIpc) is 2.78. The van der Waals surface area contributed by atoms with Gasteiger partial charge in [-0.1, -0.05) is 30.3 Å². The van der Waals surface area contributed by atoms with Crippen molar-refractivity contribution in [3.8, 4) is 5.75 Å². The number of nitro groups is 1. The van der Waals surface area contributed by atoms with E-state index in [1.807, 2.05) is 40.1 Å². The normalized spacial score (nSPS) is 13.9. The summed E-state index contributed by atoms with van der Waals surface area (Å²) in [4.78, 5) is 27.0. The summed E-state index contributed by atoms with van der Waals surface area (Å²) in [5.41, 5.74) is 1.47. The lowest BCUT2D eigenvalue weighted by molar-refractivity contribution is -0.384. The summed E-state index contributed by atoms with van der Waals surface area (Å²) >= 11 is 5.35. The van der Waals surface area contributed by atoms with Crippen LogP contribution in [0.25, 0.3) is 6.08 Å². The Labute approximate surface area is 179 Å². The lowest BCUT2D eigenvalue weighted by Gasteiger charge is -2.36. The van der Waals surface area contributed by atoms with Gasteiger partial charge in [0.25, 0.3) is 5.69 Å². The molecule has 1 saturated heterocycles. The molecular weight excluding hydrogens is 404 g/mol. The number of carbonyl (C=O) groups excluding carboxylic acids is 1. The maximum absolute atomic E-state index is 12.1. The van der Waals surface area contributed by atoms with Gasteiger partial charge in [-0.05, 0) is 36.0 Å². The number of nitro benzene ring substituents is 1. The van der Waals surface area contributed by atoms with Gasteiger partial charge >= 0.3 is 0 Å². The Morgan fingerprint density at radius 1 is 1.17 bits per heavy atom. The van der Waals surface area contributed by atoms with Crippen LogP contribution in [0, 0.1) is 10.1 Å². The van der Waals surface area contributed by atoms with Gasteiger partial charge in [0, 0.05) is 32.3 Å². The van der Waals surface area contributed by atoms with E-state index in [-0.39, 0.29) is 11.6 Å². The molecule has 0 aliphatic carbocycles. The smallest absolute Gasteiger partial charge is 0.296 e. The minimum Gasteiger partial charge on any atom is -0.496 e. The van der Waals surface area contributed by atoms with E-state index in [2.05, 4.69) is 5.32 Å². The third-order valence-corrected chi connectivity index (χ3v) is 5.10. The Balaban J connectivity index is 1.56. The van der Waals surface area contributed by atoms with Crippen molar-refractivity contribution in [3.05, 3.63) is 70.3 Å². The summed E-state index contributed by atoms with van der Waals surface area (Å²) in [5, 5.41) is 14.5. The summed E-state index contributed by atoms with van der Waals surface area (Å²) in [7, 11) is 1.47. The first kappa shape index (κ1) is 21.3. The molecular formula is C21H22N4O4S. The lowest BCUT2D eigenvalue weighted by Crippen LogP contribution is -2.52. The van der Waals surface area contributed by atoms with Gasteiger partial charge < -0.3 is 14.5 Å². The van der Waals surface area contributed by atoms with E-state index >= 15 is 0 Å². The van der Waals surface area contributed by atoms with Crippen LogP contribution in [0.5, 0.6) is 5.75 Å². The van der Waals surface area contributed by atoms with Crippen LogP contribution in [0.2, 0.25) is 0 Å². The molecule has 8 nitrogen and oxygen atoms in total. The Bertz CT molecular complexity index is 957. The van der Waals surface area contributed by atoms with E-state index in [4.69, 9.17) is 17.0 Å². The molecule has 0 radical (unpaired) electrons. The average molecular weight is 426 g/mol.